The Morgan fingerprint density at radius 2 is 2.24 bits per heavy atom. The Balaban J connectivity index is 2.26. The SMILES string of the molecule is CCOC(=O)[C@H]1CCCN(CCOC(C)C)C1. The number of hydrogen-bond acceptors (Lipinski definition) is 4. The van der Waals surface area contributed by atoms with Gasteiger partial charge in [0.15, 0.2) is 0 Å². The number of nitrogens with zero attached hydrogens (tertiary/aromatic N) is 1. The molecule has 0 aromatic heterocycles. The zero-order valence-corrected chi connectivity index (χ0v) is 11.3. The Bertz CT molecular complexity index is 231. The highest BCUT2D eigenvalue weighted by Crippen LogP contribution is 2.17. The molecule has 0 saturated carbocycles. The summed E-state index contributed by atoms with van der Waals surface area (Å²) in [6.07, 6.45) is 2.31. The maximum atomic E-state index is 11.6. The normalized spacial score (nSPS) is 21.8. The molecule has 17 heavy (non-hydrogen) atoms. The highest BCUT2D eigenvalue weighted by atomic mass is 16.5. The average Bonchev–Trinajstić information content (AvgIpc) is 2.29. The molecule has 100 valence electrons. The predicted octanol–water partition coefficient (Wildman–Crippen LogP) is 1.69. The standard InChI is InChI=1S/C13H25NO3/c1-4-16-13(15)12-6-5-7-14(10-12)8-9-17-11(2)3/h11-12H,4-10H2,1-3H3/t12-/m0/s1. The van der Waals surface area contributed by atoms with Crippen LogP contribution in [0.4, 0.5) is 0 Å². The van der Waals surface area contributed by atoms with Gasteiger partial charge in [0.25, 0.3) is 0 Å². The first-order valence-corrected chi connectivity index (χ1v) is 6.64. The van der Waals surface area contributed by atoms with E-state index in [2.05, 4.69) is 4.90 Å². The van der Waals surface area contributed by atoms with Crippen LogP contribution < -0.4 is 0 Å². The molecule has 1 aliphatic heterocycles. The average molecular weight is 243 g/mol. The monoisotopic (exact) mass is 243 g/mol. The van der Waals surface area contributed by atoms with Gasteiger partial charge in [-0.05, 0) is 40.2 Å². The first-order chi connectivity index (χ1) is 8.13. The summed E-state index contributed by atoms with van der Waals surface area (Å²) in [5.41, 5.74) is 0. The minimum Gasteiger partial charge on any atom is -0.466 e. The number of carbonyl (C=O) groups is 1. The minimum absolute atomic E-state index is 0.0398. The van der Waals surface area contributed by atoms with Gasteiger partial charge in [-0.3, -0.25) is 4.79 Å². The molecule has 1 heterocycles. The van der Waals surface area contributed by atoms with E-state index >= 15 is 0 Å². The Kier molecular flexibility index (Phi) is 6.52. The molecular formula is C13H25NO3. The zero-order valence-electron chi connectivity index (χ0n) is 11.3. The van der Waals surface area contributed by atoms with Gasteiger partial charge in [0.1, 0.15) is 0 Å². The van der Waals surface area contributed by atoms with Gasteiger partial charge < -0.3 is 14.4 Å². The summed E-state index contributed by atoms with van der Waals surface area (Å²) in [6, 6.07) is 0. The molecule has 4 nitrogen and oxygen atoms in total. The van der Waals surface area contributed by atoms with Crippen molar-refractivity contribution in [2.75, 3.05) is 32.8 Å². The lowest BCUT2D eigenvalue weighted by Crippen LogP contribution is -2.41. The molecule has 0 aliphatic carbocycles. The Morgan fingerprint density at radius 1 is 1.47 bits per heavy atom. The van der Waals surface area contributed by atoms with Crippen molar-refractivity contribution in [3.05, 3.63) is 0 Å². The van der Waals surface area contributed by atoms with Crippen molar-refractivity contribution in [3.63, 3.8) is 0 Å². The quantitative estimate of drug-likeness (QED) is 0.665. The smallest absolute Gasteiger partial charge is 0.310 e. The highest BCUT2D eigenvalue weighted by molar-refractivity contribution is 5.72. The fourth-order valence-corrected chi connectivity index (χ4v) is 2.13. The van der Waals surface area contributed by atoms with E-state index in [9.17, 15) is 4.79 Å². The van der Waals surface area contributed by atoms with Gasteiger partial charge >= 0.3 is 5.97 Å². The van der Waals surface area contributed by atoms with Crippen molar-refractivity contribution < 1.29 is 14.3 Å². The molecule has 0 amide bonds. The molecule has 1 atom stereocenters. The van der Waals surface area contributed by atoms with Crippen molar-refractivity contribution in [3.8, 4) is 0 Å². The summed E-state index contributed by atoms with van der Waals surface area (Å²) >= 11 is 0. The third-order valence-corrected chi connectivity index (χ3v) is 2.98. The van der Waals surface area contributed by atoms with Gasteiger partial charge in [-0.2, -0.15) is 0 Å². The van der Waals surface area contributed by atoms with Crippen molar-refractivity contribution in [1.29, 1.82) is 0 Å². The third-order valence-electron chi connectivity index (χ3n) is 2.98. The van der Waals surface area contributed by atoms with E-state index in [1.165, 1.54) is 0 Å². The van der Waals surface area contributed by atoms with Crippen LogP contribution in [-0.2, 0) is 14.3 Å². The minimum atomic E-state index is -0.0398. The Hall–Kier alpha value is -0.610. The number of likely N-dealkylation sites (tertiary alicyclic amines) is 1. The molecule has 4 heteroatoms. The highest BCUT2D eigenvalue weighted by Gasteiger charge is 2.26. The van der Waals surface area contributed by atoms with Gasteiger partial charge in [-0.25, -0.2) is 0 Å². The van der Waals surface area contributed by atoms with Gasteiger partial charge in [0.05, 0.1) is 25.2 Å². The number of piperidine rings is 1. The van der Waals surface area contributed by atoms with E-state index in [-0.39, 0.29) is 18.0 Å². The van der Waals surface area contributed by atoms with Gasteiger partial charge in [0.2, 0.25) is 0 Å². The summed E-state index contributed by atoms with van der Waals surface area (Å²) in [4.78, 5) is 13.9. The van der Waals surface area contributed by atoms with Crippen molar-refractivity contribution in [1.82, 2.24) is 4.90 Å². The number of esters is 1. The van der Waals surface area contributed by atoms with Crippen LogP contribution in [0.15, 0.2) is 0 Å². The van der Waals surface area contributed by atoms with Gasteiger partial charge in [0, 0.05) is 13.1 Å². The molecule has 0 bridgehead atoms. The number of carbonyl (C=O) groups excluding carboxylic acids is 1. The molecular weight excluding hydrogens is 218 g/mol. The zero-order chi connectivity index (χ0) is 12.7. The fraction of sp³-hybridized carbons (Fsp3) is 0.923. The van der Waals surface area contributed by atoms with Crippen LogP contribution in [0.25, 0.3) is 0 Å². The maximum absolute atomic E-state index is 11.6. The molecule has 0 N–H and O–H groups in total. The number of ether oxygens (including phenoxy) is 2. The molecule has 0 unspecified atom stereocenters. The summed E-state index contributed by atoms with van der Waals surface area (Å²) in [6.45, 7) is 9.95. The predicted molar refractivity (Wildman–Crippen MR) is 66.9 cm³/mol. The second-order valence-electron chi connectivity index (χ2n) is 4.81. The van der Waals surface area contributed by atoms with E-state index in [1.54, 1.807) is 0 Å². The topological polar surface area (TPSA) is 38.8 Å². The summed E-state index contributed by atoms with van der Waals surface area (Å²) < 4.78 is 10.6. The van der Waals surface area contributed by atoms with Crippen LogP contribution in [0, 0.1) is 5.92 Å². The number of hydrogen-bond donors (Lipinski definition) is 0. The molecule has 1 aliphatic rings. The number of rotatable bonds is 6. The van der Waals surface area contributed by atoms with Crippen LogP contribution >= 0.6 is 0 Å². The maximum Gasteiger partial charge on any atom is 0.310 e. The van der Waals surface area contributed by atoms with E-state index in [0.717, 1.165) is 39.1 Å². The van der Waals surface area contributed by atoms with Crippen molar-refractivity contribution in [2.45, 2.75) is 39.7 Å². The lowest BCUT2D eigenvalue weighted by molar-refractivity contribution is -0.150. The summed E-state index contributed by atoms with van der Waals surface area (Å²) in [5, 5.41) is 0. The Morgan fingerprint density at radius 3 is 2.88 bits per heavy atom. The van der Waals surface area contributed by atoms with Crippen molar-refractivity contribution >= 4 is 5.97 Å². The van der Waals surface area contributed by atoms with Crippen LogP contribution in [0.5, 0.6) is 0 Å². The van der Waals surface area contributed by atoms with E-state index in [1.807, 2.05) is 20.8 Å². The van der Waals surface area contributed by atoms with Gasteiger partial charge in [-0.15, -0.1) is 0 Å². The molecule has 1 rings (SSSR count). The second-order valence-corrected chi connectivity index (χ2v) is 4.81. The molecule has 0 aromatic carbocycles. The third kappa shape index (κ3) is 5.50. The van der Waals surface area contributed by atoms with Gasteiger partial charge in [-0.1, -0.05) is 0 Å². The molecule has 1 saturated heterocycles. The van der Waals surface area contributed by atoms with Crippen molar-refractivity contribution in [2.24, 2.45) is 5.92 Å². The van der Waals surface area contributed by atoms with E-state index in [4.69, 9.17) is 9.47 Å². The first-order valence-electron chi connectivity index (χ1n) is 6.64. The van der Waals surface area contributed by atoms with E-state index in [0.29, 0.717) is 6.61 Å². The van der Waals surface area contributed by atoms with Crippen LogP contribution in [-0.4, -0.2) is 49.8 Å². The van der Waals surface area contributed by atoms with E-state index < -0.39 is 0 Å². The van der Waals surface area contributed by atoms with Crippen LogP contribution in [0.3, 0.4) is 0 Å². The molecule has 1 fully saturated rings. The Labute approximate surface area is 104 Å². The molecule has 0 radical (unpaired) electrons. The summed E-state index contributed by atoms with van der Waals surface area (Å²) in [5.74, 6) is 0.0183. The van der Waals surface area contributed by atoms with Crippen LogP contribution in [0.2, 0.25) is 0 Å². The molecule has 0 aromatic rings. The molecule has 0 spiro atoms. The van der Waals surface area contributed by atoms with Crippen LogP contribution in [0.1, 0.15) is 33.6 Å². The summed E-state index contributed by atoms with van der Waals surface area (Å²) in [7, 11) is 0. The fourth-order valence-electron chi connectivity index (χ4n) is 2.13. The first kappa shape index (κ1) is 14.5. The second kappa shape index (κ2) is 7.67. The lowest BCUT2D eigenvalue weighted by atomic mass is 9.98. The lowest BCUT2D eigenvalue weighted by Gasteiger charge is -2.31. The largest absolute Gasteiger partial charge is 0.466 e.